The van der Waals surface area contributed by atoms with Crippen molar-refractivity contribution < 1.29 is 9.53 Å². The van der Waals surface area contributed by atoms with Gasteiger partial charge in [-0.25, -0.2) is 9.48 Å². The summed E-state index contributed by atoms with van der Waals surface area (Å²) >= 11 is 0. The Labute approximate surface area is 327 Å². The number of aryl methyl sites for hydroxylation is 1. The maximum Gasteiger partial charge on any atom is 0.360 e. The van der Waals surface area contributed by atoms with Gasteiger partial charge in [0.1, 0.15) is 0 Å². The molecule has 0 aliphatic heterocycles. The number of esters is 1. The van der Waals surface area contributed by atoms with Crippen LogP contribution in [0.15, 0.2) is 79.1 Å². The van der Waals surface area contributed by atoms with Crippen molar-refractivity contribution in [2.45, 2.75) is 83.8 Å². The van der Waals surface area contributed by atoms with Gasteiger partial charge in [0.25, 0.3) is 0 Å². The average molecular weight is 760 g/mol. The Morgan fingerprint density at radius 2 is 1.75 bits per heavy atom. The van der Waals surface area contributed by atoms with Crippen LogP contribution in [-0.4, -0.2) is 95.1 Å². The first-order valence-corrected chi connectivity index (χ1v) is 19.7. The van der Waals surface area contributed by atoms with E-state index in [0.29, 0.717) is 19.0 Å². The molecule has 0 saturated heterocycles. The minimum Gasteiger partial charge on any atom is -0.464 e. The van der Waals surface area contributed by atoms with E-state index in [-0.39, 0.29) is 23.2 Å². The zero-order chi connectivity index (χ0) is 38.9. The van der Waals surface area contributed by atoms with Crippen molar-refractivity contribution in [2.24, 2.45) is 5.41 Å². The molecule has 0 spiro atoms. The van der Waals surface area contributed by atoms with Gasteiger partial charge in [0.2, 0.25) is 0 Å². The maximum absolute atomic E-state index is 11.8. The number of hydrogen-bond donors (Lipinski definition) is 3. The van der Waals surface area contributed by atoms with Crippen LogP contribution in [0.4, 0.5) is 5.82 Å². The van der Waals surface area contributed by atoms with Crippen LogP contribution < -0.4 is 16.0 Å². The van der Waals surface area contributed by atoms with Gasteiger partial charge in [-0.1, -0.05) is 91.4 Å². The second kappa shape index (κ2) is 17.9. The summed E-state index contributed by atoms with van der Waals surface area (Å²) in [5.41, 5.74) is 5.41. The van der Waals surface area contributed by atoms with Crippen LogP contribution in [0, 0.1) is 5.41 Å². The van der Waals surface area contributed by atoms with E-state index in [1.54, 1.807) is 10.9 Å². The molecule has 4 aromatic heterocycles. The molecule has 294 valence electrons. The molecule has 0 radical (unpaired) electrons. The van der Waals surface area contributed by atoms with Crippen LogP contribution >= 0.6 is 0 Å². The van der Waals surface area contributed by atoms with Crippen LogP contribution in [0.1, 0.15) is 85.7 Å². The molecule has 2 aromatic carbocycles. The Balaban J connectivity index is 0.903. The standard InChI is InChI=1S/C41H53N13O2/c1-29(24-52-26-36(46-50-52)40(55)56-4)43-23-34(21-30-13-7-5-8-14-30)53-25-33(45-51-53)19-12-20-42-27-41(2,3)28-44-38-35(31-17-11-18-31)22-37-47-48-39(54(37)49-38)32-15-9-6-10-16-32/h5-10,13-16,22,25-26,29,31,34,42-43H,11-12,17-21,23-24,27-28H2,1-4H3,(H,44,49). The van der Waals surface area contributed by atoms with E-state index >= 15 is 0 Å². The first kappa shape index (κ1) is 38.7. The van der Waals surface area contributed by atoms with E-state index in [9.17, 15) is 4.79 Å². The van der Waals surface area contributed by atoms with Gasteiger partial charge in [-0.15, -0.1) is 25.5 Å². The molecule has 0 bridgehead atoms. The molecule has 3 N–H and O–H groups in total. The number of ether oxygens (including phenoxy) is 1. The highest BCUT2D eigenvalue weighted by atomic mass is 16.5. The van der Waals surface area contributed by atoms with Crippen LogP contribution in [0.5, 0.6) is 0 Å². The molecule has 6 aromatic rings. The number of methoxy groups -OCH3 is 1. The van der Waals surface area contributed by atoms with Crippen LogP contribution in [0.25, 0.3) is 17.0 Å². The predicted molar refractivity (Wildman–Crippen MR) is 214 cm³/mol. The molecule has 1 saturated carbocycles. The zero-order valence-electron chi connectivity index (χ0n) is 32.8. The third-order valence-electron chi connectivity index (χ3n) is 10.5. The van der Waals surface area contributed by atoms with Crippen LogP contribution in [0.2, 0.25) is 0 Å². The van der Waals surface area contributed by atoms with E-state index < -0.39 is 5.97 Å². The lowest BCUT2D eigenvalue weighted by molar-refractivity contribution is 0.0594. The molecule has 2 unspecified atom stereocenters. The normalized spacial score (nSPS) is 14.4. The molecule has 7 rings (SSSR count). The molecular weight excluding hydrogens is 707 g/mol. The number of carbonyl (C=O) groups is 1. The van der Waals surface area contributed by atoms with E-state index in [2.05, 4.69) is 104 Å². The van der Waals surface area contributed by atoms with E-state index in [1.807, 2.05) is 45.6 Å². The number of fused-ring (bicyclic) bond motifs is 1. The number of nitrogens with zero attached hydrogens (tertiary/aromatic N) is 10. The van der Waals surface area contributed by atoms with Gasteiger partial charge in [-0.05, 0) is 68.5 Å². The van der Waals surface area contributed by atoms with E-state index in [1.165, 1.54) is 37.5 Å². The summed E-state index contributed by atoms with van der Waals surface area (Å²) in [6.07, 6.45) is 9.89. The van der Waals surface area contributed by atoms with Gasteiger partial charge >= 0.3 is 5.97 Å². The highest BCUT2D eigenvalue weighted by molar-refractivity contribution is 5.86. The van der Waals surface area contributed by atoms with Gasteiger partial charge in [0, 0.05) is 43.0 Å². The predicted octanol–water partition coefficient (Wildman–Crippen LogP) is 5.15. The highest BCUT2D eigenvalue weighted by Crippen LogP contribution is 2.40. The number of aromatic nitrogens is 10. The summed E-state index contributed by atoms with van der Waals surface area (Å²) in [6, 6.07) is 22.8. The van der Waals surface area contributed by atoms with Gasteiger partial charge in [-0.3, -0.25) is 4.68 Å². The third kappa shape index (κ3) is 9.81. The summed E-state index contributed by atoms with van der Waals surface area (Å²) in [6.45, 7) is 10.4. The van der Waals surface area contributed by atoms with Gasteiger partial charge < -0.3 is 20.7 Å². The fourth-order valence-corrected chi connectivity index (χ4v) is 7.01. The molecule has 4 heterocycles. The summed E-state index contributed by atoms with van der Waals surface area (Å²) in [4.78, 5) is 11.8. The van der Waals surface area contributed by atoms with Crippen molar-refractivity contribution in [1.29, 1.82) is 0 Å². The smallest absolute Gasteiger partial charge is 0.360 e. The summed E-state index contributed by atoms with van der Waals surface area (Å²) < 4.78 is 10.3. The summed E-state index contributed by atoms with van der Waals surface area (Å²) in [7, 11) is 1.33. The number of rotatable bonds is 20. The fraction of sp³-hybridized carbons (Fsp3) is 0.463. The third-order valence-corrected chi connectivity index (χ3v) is 10.5. The van der Waals surface area contributed by atoms with E-state index in [0.717, 1.165) is 67.4 Å². The molecule has 2 atom stereocenters. The number of carbonyl (C=O) groups excluding carboxylic acids is 1. The van der Waals surface area contributed by atoms with E-state index in [4.69, 9.17) is 9.84 Å². The SMILES string of the molecule is COC(=O)c1cn(CC(C)NCC(Cc2ccccc2)n2cc(CCCNCC(C)(C)CNc3nn4c(-c5ccccc5)nnc4cc3C3CCC3)nn2)nn1. The van der Waals surface area contributed by atoms with Crippen LogP contribution in [0.3, 0.4) is 0 Å². The maximum atomic E-state index is 11.8. The fourth-order valence-electron chi connectivity index (χ4n) is 7.01. The Bertz CT molecular complexity index is 2160. The largest absolute Gasteiger partial charge is 0.464 e. The number of nitrogens with one attached hydrogen (secondary N) is 3. The highest BCUT2D eigenvalue weighted by Gasteiger charge is 2.27. The van der Waals surface area contributed by atoms with Crippen molar-refractivity contribution in [1.82, 2.24) is 60.4 Å². The lowest BCUT2D eigenvalue weighted by atomic mass is 9.80. The second-order valence-corrected chi connectivity index (χ2v) is 15.7. The molecule has 1 aliphatic rings. The van der Waals surface area contributed by atoms with Crippen LogP contribution in [-0.2, 0) is 24.1 Å². The molecular formula is C41H53N13O2. The quantitative estimate of drug-likeness (QED) is 0.0693. The Hall–Kier alpha value is -5.54. The molecule has 15 heteroatoms. The monoisotopic (exact) mass is 759 g/mol. The Kier molecular flexibility index (Phi) is 12.4. The van der Waals surface area contributed by atoms with Gasteiger partial charge in [-0.2, -0.15) is 4.52 Å². The average Bonchev–Trinajstić information content (AvgIpc) is 3.96. The molecule has 0 amide bonds. The zero-order valence-corrected chi connectivity index (χ0v) is 32.8. The van der Waals surface area contributed by atoms with Gasteiger partial charge in [0.05, 0.1) is 31.6 Å². The van der Waals surface area contributed by atoms with Crippen molar-refractivity contribution in [3.05, 3.63) is 102 Å². The molecule has 56 heavy (non-hydrogen) atoms. The molecule has 1 fully saturated rings. The minimum atomic E-state index is -0.499. The van der Waals surface area contributed by atoms with Crippen molar-refractivity contribution in [3.8, 4) is 11.4 Å². The number of hydrogen-bond acceptors (Lipinski definition) is 12. The topological polar surface area (TPSA) is 167 Å². The van der Waals surface area contributed by atoms with Crippen molar-refractivity contribution in [2.75, 3.05) is 38.6 Å². The Morgan fingerprint density at radius 1 is 0.964 bits per heavy atom. The first-order chi connectivity index (χ1) is 27.2. The lowest BCUT2D eigenvalue weighted by Crippen LogP contribution is -2.36. The lowest BCUT2D eigenvalue weighted by Gasteiger charge is -2.30. The van der Waals surface area contributed by atoms with Crippen molar-refractivity contribution in [3.63, 3.8) is 0 Å². The minimum absolute atomic E-state index is 0.0154. The number of anilines is 1. The number of benzene rings is 2. The molecule has 1 aliphatic carbocycles. The summed E-state index contributed by atoms with van der Waals surface area (Å²) in [5, 5.41) is 42.2. The first-order valence-electron chi connectivity index (χ1n) is 19.7. The molecule has 15 nitrogen and oxygen atoms in total. The summed E-state index contributed by atoms with van der Waals surface area (Å²) in [5.74, 6) is 1.69. The van der Waals surface area contributed by atoms with Gasteiger partial charge in [0.15, 0.2) is 23.0 Å². The second-order valence-electron chi connectivity index (χ2n) is 15.7. The Morgan fingerprint density at radius 3 is 2.50 bits per heavy atom. The van der Waals surface area contributed by atoms with Crippen molar-refractivity contribution >= 4 is 17.4 Å².